The van der Waals surface area contributed by atoms with Crippen molar-refractivity contribution < 1.29 is 13.6 Å². The van der Waals surface area contributed by atoms with Crippen molar-refractivity contribution in [1.29, 1.82) is 0 Å². The van der Waals surface area contributed by atoms with Crippen molar-refractivity contribution in [2.24, 2.45) is 10.7 Å². The molecule has 3 rings (SSSR count). The van der Waals surface area contributed by atoms with Crippen LogP contribution in [0, 0.1) is 11.6 Å². The van der Waals surface area contributed by atoms with Crippen LogP contribution in [0.5, 0.6) is 0 Å². The molecule has 3 N–H and O–H groups in total. The summed E-state index contributed by atoms with van der Waals surface area (Å²) in [5, 5.41) is 2.83. The van der Waals surface area contributed by atoms with Crippen LogP contribution in [0.15, 0.2) is 65.8 Å². The molecule has 0 unspecified atom stereocenters. The lowest BCUT2D eigenvalue weighted by Crippen LogP contribution is -2.23. The van der Waals surface area contributed by atoms with Crippen LogP contribution >= 0.6 is 0 Å². The van der Waals surface area contributed by atoms with E-state index in [2.05, 4.69) is 10.3 Å². The third-order valence-electron chi connectivity index (χ3n) is 4.11. The summed E-state index contributed by atoms with van der Waals surface area (Å²) in [5.41, 5.74) is 5.74. The van der Waals surface area contributed by atoms with Crippen LogP contribution in [-0.2, 0) is 10.2 Å². The van der Waals surface area contributed by atoms with Crippen LogP contribution in [-0.4, -0.2) is 11.7 Å². The standard InChI is InChI=1S/C19H17F2N3O/c20-13-4-3-5-14(12-13)23-11-8-17(22)24-18(25)19(9-10-19)15-6-1-2-7-16(15)21/h1-8,11-12,23H,9-10H2,(H2,22,24,25)/b11-8-. The van der Waals surface area contributed by atoms with E-state index in [1.54, 1.807) is 30.3 Å². The monoisotopic (exact) mass is 341 g/mol. The zero-order valence-electron chi connectivity index (χ0n) is 13.4. The number of halogens is 2. The normalized spacial score (nSPS) is 16.0. The number of carbonyl (C=O) groups is 1. The molecule has 6 heteroatoms. The van der Waals surface area contributed by atoms with E-state index in [0.29, 0.717) is 24.1 Å². The van der Waals surface area contributed by atoms with Gasteiger partial charge in [0.1, 0.15) is 17.5 Å². The summed E-state index contributed by atoms with van der Waals surface area (Å²) in [6, 6.07) is 12.1. The van der Waals surface area contributed by atoms with E-state index in [4.69, 9.17) is 5.73 Å². The quantitative estimate of drug-likeness (QED) is 0.646. The Bertz CT molecular complexity index is 857. The van der Waals surface area contributed by atoms with Gasteiger partial charge in [-0.1, -0.05) is 24.3 Å². The highest BCUT2D eigenvalue weighted by Crippen LogP contribution is 2.50. The second kappa shape index (κ2) is 6.84. The number of rotatable bonds is 5. The lowest BCUT2D eigenvalue weighted by molar-refractivity contribution is -0.120. The first-order chi connectivity index (χ1) is 12.0. The van der Waals surface area contributed by atoms with Crippen molar-refractivity contribution in [3.05, 3.63) is 78.0 Å². The van der Waals surface area contributed by atoms with Gasteiger partial charge in [0.15, 0.2) is 0 Å². The van der Waals surface area contributed by atoms with Crippen LogP contribution < -0.4 is 11.1 Å². The predicted molar refractivity (Wildman–Crippen MR) is 93.1 cm³/mol. The average Bonchev–Trinajstić information content (AvgIpc) is 3.37. The summed E-state index contributed by atoms with van der Waals surface area (Å²) in [6.07, 6.45) is 3.97. The van der Waals surface area contributed by atoms with Crippen molar-refractivity contribution in [1.82, 2.24) is 0 Å². The predicted octanol–water partition coefficient (Wildman–Crippen LogP) is 3.51. The number of nitrogens with zero attached hydrogens (tertiary/aromatic N) is 1. The van der Waals surface area contributed by atoms with Gasteiger partial charge in [0, 0.05) is 17.5 Å². The number of hydrogen-bond donors (Lipinski definition) is 2. The van der Waals surface area contributed by atoms with Gasteiger partial charge in [-0.15, -0.1) is 0 Å². The first kappa shape index (κ1) is 16.8. The van der Waals surface area contributed by atoms with Gasteiger partial charge >= 0.3 is 0 Å². The van der Waals surface area contributed by atoms with E-state index >= 15 is 0 Å². The summed E-state index contributed by atoms with van der Waals surface area (Å²) < 4.78 is 27.0. The topological polar surface area (TPSA) is 67.5 Å². The number of nitrogens with one attached hydrogen (secondary N) is 1. The SMILES string of the molecule is NC(/C=C\Nc1cccc(F)c1)=NC(=O)C1(c2ccccc2F)CC1. The van der Waals surface area contributed by atoms with Crippen molar-refractivity contribution in [3.63, 3.8) is 0 Å². The van der Waals surface area contributed by atoms with E-state index in [0.717, 1.165) is 0 Å². The van der Waals surface area contributed by atoms with E-state index in [1.165, 1.54) is 30.5 Å². The summed E-state index contributed by atoms with van der Waals surface area (Å²) in [4.78, 5) is 16.3. The van der Waals surface area contributed by atoms with Gasteiger partial charge in [-0.3, -0.25) is 4.79 Å². The molecule has 0 radical (unpaired) electrons. The molecule has 1 amide bonds. The molecule has 0 aromatic heterocycles. The molecule has 1 saturated carbocycles. The highest BCUT2D eigenvalue weighted by molar-refractivity contribution is 6.04. The number of aliphatic imine (C=N–C) groups is 1. The summed E-state index contributed by atoms with van der Waals surface area (Å²) in [7, 11) is 0. The Balaban J connectivity index is 1.69. The van der Waals surface area contributed by atoms with E-state index in [1.807, 2.05) is 0 Å². The van der Waals surface area contributed by atoms with E-state index < -0.39 is 17.1 Å². The molecule has 25 heavy (non-hydrogen) atoms. The zero-order chi connectivity index (χ0) is 17.9. The molecule has 4 nitrogen and oxygen atoms in total. The molecule has 0 aliphatic heterocycles. The number of amidine groups is 1. The largest absolute Gasteiger partial charge is 0.384 e. The minimum atomic E-state index is -0.903. The lowest BCUT2D eigenvalue weighted by atomic mass is 9.94. The molecule has 0 atom stereocenters. The molecule has 128 valence electrons. The average molecular weight is 341 g/mol. The minimum Gasteiger partial charge on any atom is -0.384 e. The van der Waals surface area contributed by atoms with Crippen LogP contribution in [0.1, 0.15) is 18.4 Å². The molecule has 0 saturated heterocycles. The van der Waals surface area contributed by atoms with Gasteiger partial charge in [-0.2, -0.15) is 4.99 Å². The van der Waals surface area contributed by atoms with Crippen molar-refractivity contribution >= 4 is 17.4 Å². The molecule has 1 aliphatic carbocycles. The number of amides is 1. The molecular formula is C19H17F2N3O. The molecule has 1 fully saturated rings. The highest BCUT2D eigenvalue weighted by atomic mass is 19.1. The molecule has 0 spiro atoms. The van der Waals surface area contributed by atoms with Crippen LogP contribution in [0.2, 0.25) is 0 Å². The Morgan fingerprint density at radius 3 is 2.60 bits per heavy atom. The summed E-state index contributed by atoms with van der Waals surface area (Å²) >= 11 is 0. The molecule has 0 heterocycles. The molecular weight excluding hydrogens is 324 g/mol. The fraction of sp³-hybridized carbons (Fsp3) is 0.158. The second-order valence-electron chi connectivity index (χ2n) is 5.89. The van der Waals surface area contributed by atoms with Gasteiger partial charge < -0.3 is 11.1 Å². The van der Waals surface area contributed by atoms with Gasteiger partial charge in [0.05, 0.1) is 5.41 Å². The number of anilines is 1. The zero-order valence-corrected chi connectivity index (χ0v) is 13.4. The number of carbonyl (C=O) groups excluding carboxylic acids is 1. The van der Waals surface area contributed by atoms with Gasteiger partial charge in [0.25, 0.3) is 5.91 Å². The summed E-state index contributed by atoms with van der Waals surface area (Å²) in [5.74, 6) is -1.23. The van der Waals surface area contributed by atoms with Crippen LogP contribution in [0.3, 0.4) is 0 Å². The number of benzene rings is 2. The Labute approximate surface area is 144 Å². The maximum Gasteiger partial charge on any atom is 0.258 e. The van der Waals surface area contributed by atoms with Gasteiger partial charge in [-0.05, 0) is 43.2 Å². The Kier molecular flexibility index (Phi) is 4.61. The highest BCUT2D eigenvalue weighted by Gasteiger charge is 2.52. The smallest absolute Gasteiger partial charge is 0.258 e. The number of hydrogen-bond acceptors (Lipinski definition) is 2. The third-order valence-corrected chi connectivity index (χ3v) is 4.11. The first-order valence-corrected chi connectivity index (χ1v) is 7.83. The fourth-order valence-electron chi connectivity index (χ4n) is 2.64. The molecule has 2 aromatic rings. The molecule has 2 aromatic carbocycles. The Morgan fingerprint density at radius 2 is 1.92 bits per heavy atom. The van der Waals surface area contributed by atoms with Gasteiger partial charge in [0.2, 0.25) is 0 Å². The summed E-state index contributed by atoms with van der Waals surface area (Å²) in [6.45, 7) is 0. The van der Waals surface area contributed by atoms with Gasteiger partial charge in [-0.25, -0.2) is 8.78 Å². The fourth-order valence-corrected chi connectivity index (χ4v) is 2.64. The Morgan fingerprint density at radius 1 is 1.16 bits per heavy atom. The van der Waals surface area contributed by atoms with Crippen LogP contribution in [0.4, 0.5) is 14.5 Å². The maximum absolute atomic E-state index is 14.0. The Hall–Kier alpha value is -3.02. The van der Waals surface area contributed by atoms with Crippen LogP contribution in [0.25, 0.3) is 0 Å². The van der Waals surface area contributed by atoms with Crippen molar-refractivity contribution in [3.8, 4) is 0 Å². The lowest BCUT2D eigenvalue weighted by Gasteiger charge is -2.12. The van der Waals surface area contributed by atoms with Crippen molar-refractivity contribution in [2.75, 3.05) is 5.32 Å². The third kappa shape index (κ3) is 3.74. The number of nitrogens with two attached hydrogens (primary N) is 1. The van der Waals surface area contributed by atoms with Crippen molar-refractivity contribution in [2.45, 2.75) is 18.3 Å². The maximum atomic E-state index is 14.0. The minimum absolute atomic E-state index is 0.00322. The molecule has 1 aliphatic rings. The van der Waals surface area contributed by atoms with E-state index in [-0.39, 0.29) is 11.7 Å². The first-order valence-electron chi connectivity index (χ1n) is 7.83. The molecule has 0 bridgehead atoms. The second-order valence-corrected chi connectivity index (χ2v) is 5.89. The van der Waals surface area contributed by atoms with E-state index in [9.17, 15) is 13.6 Å².